The van der Waals surface area contributed by atoms with Crippen molar-refractivity contribution in [2.24, 2.45) is 0 Å². The van der Waals surface area contributed by atoms with E-state index in [-0.39, 0.29) is 17.7 Å². The van der Waals surface area contributed by atoms with E-state index in [0.29, 0.717) is 9.50 Å². The third kappa shape index (κ3) is 3.14. The number of halogens is 4. The zero-order valence-corrected chi connectivity index (χ0v) is 12.4. The molecule has 2 rings (SSSR count). The van der Waals surface area contributed by atoms with Crippen molar-refractivity contribution in [2.45, 2.75) is 6.04 Å². The van der Waals surface area contributed by atoms with E-state index in [0.717, 1.165) is 11.1 Å². The van der Waals surface area contributed by atoms with Gasteiger partial charge in [0.2, 0.25) is 0 Å². The van der Waals surface area contributed by atoms with Crippen molar-refractivity contribution < 1.29 is 8.78 Å². The molecule has 0 radical (unpaired) electrons. The van der Waals surface area contributed by atoms with Crippen molar-refractivity contribution in [1.29, 1.82) is 0 Å². The molecular weight excluding hydrogens is 336 g/mol. The highest BCUT2D eigenvalue weighted by Gasteiger charge is 2.16. The Labute approximate surface area is 123 Å². The quantitative estimate of drug-likeness (QED) is 0.850. The topological polar surface area (TPSA) is 12.0 Å². The van der Waals surface area contributed by atoms with Gasteiger partial charge in [0.25, 0.3) is 0 Å². The summed E-state index contributed by atoms with van der Waals surface area (Å²) in [5, 5.41) is 3.42. The van der Waals surface area contributed by atoms with Crippen LogP contribution in [0.15, 0.2) is 40.9 Å². The number of rotatable bonds is 3. The summed E-state index contributed by atoms with van der Waals surface area (Å²) in [6.07, 6.45) is 0. The Kier molecular flexibility index (Phi) is 4.55. The minimum Gasteiger partial charge on any atom is -0.309 e. The fourth-order valence-electron chi connectivity index (χ4n) is 1.93. The van der Waals surface area contributed by atoms with E-state index in [1.54, 1.807) is 25.2 Å². The summed E-state index contributed by atoms with van der Waals surface area (Å²) in [7, 11) is 1.77. The van der Waals surface area contributed by atoms with Crippen LogP contribution in [0.5, 0.6) is 0 Å². The SMILES string of the molecule is CNC(c1ccc(F)c(Br)c1)c1ccc(F)cc1Cl. The van der Waals surface area contributed by atoms with E-state index < -0.39 is 0 Å². The molecule has 2 aromatic rings. The molecule has 0 saturated heterocycles. The molecule has 0 spiro atoms. The molecule has 0 heterocycles. The monoisotopic (exact) mass is 345 g/mol. The molecule has 0 aliphatic rings. The van der Waals surface area contributed by atoms with Gasteiger partial charge in [-0.3, -0.25) is 0 Å². The lowest BCUT2D eigenvalue weighted by molar-refractivity contribution is 0.615. The molecule has 0 aliphatic carbocycles. The van der Waals surface area contributed by atoms with Gasteiger partial charge in [-0.25, -0.2) is 8.78 Å². The lowest BCUT2D eigenvalue weighted by Crippen LogP contribution is -2.18. The Morgan fingerprint density at radius 3 is 2.47 bits per heavy atom. The third-order valence-corrected chi connectivity index (χ3v) is 3.77. The molecule has 1 N–H and O–H groups in total. The molecule has 0 fully saturated rings. The summed E-state index contributed by atoms with van der Waals surface area (Å²) in [6.45, 7) is 0. The van der Waals surface area contributed by atoms with E-state index in [9.17, 15) is 8.78 Å². The average Bonchev–Trinajstić information content (AvgIpc) is 2.37. The first-order chi connectivity index (χ1) is 9.02. The van der Waals surface area contributed by atoms with Gasteiger partial charge in [-0.2, -0.15) is 0 Å². The van der Waals surface area contributed by atoms with Crippen molar-refractivity contribution >= 4 is 27.5 Å². The Morgan fingerprint density at radius 2 is 1.89 bits per heavy atom. The molecule has 2 aromatic carbocycles. The van der Waals surface area contributed by atoms with Crippen LogP contribution in [0.4, 0.5) is 8.78 Å². The second-order valence-electron chi connectivity index (χ2n) is 4.06. The van der Waals surface area contributed by atoms with Crippen LogP contribution < -0.4 is 5.32 Å². The van der Waals surface area contributed by atoms with Crippen LogP contribution in [-0.2, 0) is 0 Å². The first-order valence-corrected chi connectivity index (χ1v) is 6.77. The van der Waals surface area contributed by atoms with E-state index >= 15 is 0 Å². The minimum absolute atomic E-state index is 0.231. The third-order valence-electron chi connectivity index (χ3n) is 2.84. The van der Waals surface area contributed by atoms with Crippen molar-refractivity contribution in [1.82, 2.24) is 5.32 Å². The molecule has 0 amide bonds. The Hall–Kier alpha value is -0.970. The number of benzene rings is 2. The number of hydrogen-bond donors (Lipinski definition) is 1. The fraction of sp³-hybridized carbons (Fsp3) is 0.143. The van der Waals surface area contributed by atoms with Gasteiger partial charge in [0.05, 0.1) is 10.5 Å². The van der Waals surface area contributed by atoms with Gasteiger partial charge in [0, 0.05) is 5.02 Å². The summed E-state index contributed by atoms with van der Waals surface area (Å²) in [5.74, 6) is -0.715. The summed E-state index contributed by atoms with van der Waals surface area (Å²) in [6, 6.07) is 8.73. The summed E-state index contributed by atoms with van der Waals surface area (Å²) in [4.78, 5) is 0. The van der Waals surface area contributed by atoms with Gasteiger partial charge in [0.15, 0.2) is 0 Å². The molecule has 19 heavy (non-hydrogen) atoms. The average molecular weight is 347 g/mol. The van der Waals surface area contributed by atoms with Crippen LogP contribution in [0, 0.1) is 11.6 Å². The maximum absolute atomic E-state index is 13.3. The molecule has 1 unspecified atom stereocenters. The lowest BCUT2D eigenvalue weighted by Gasteiger charge is -2.19. The molecule has 0 bridgehead atoms. The first-order valence-electron chi connectivity index (χ1n) is 5.60. The van der Waals surface area contributed by atoms with E-state index in [1.165, 1.54) is 18.2 Å². The molecule has 0 saturated carbocycles. The predicted molar refractivity (Wildman–Crippen MR) is 76.4 cm³/mol. The second-order valence-corrected chi connectivity index (χ2v) is 5.32. The maximum atomic E-state index is 13.3. The normalized spacial score (nSPS) is 12.5. The second kappa shape index (κ2) is 5.99. The van der Waals surface area contributed by atoms with Crippen molar-refractivity contribution in [3.63, 3.8) is 0 Å². The Balaban J connectivity index is 2.46. The van der Waals surface area contributed by atoms with Gasteiger partial charge in [0.1, 0.15) is 11.6 Å². The standard InChI is InChI=1S/C14H11BrClF2N/c1-19-14(8-2-5-13(18)11(15)6-8)10-4-3-9(17)7-12(10)16/h2-7,14,19H,1H3. The lowest BCUT2D eigenvalue weighted by atomic mass is 9.99. The molecular formula is C14H11BrClF2N. The predicted octanol–water partition coefficient (Wildman–Crippen LogP) is 4.69. The fourth-order valence-corrected chi connectivity index (χ4v) is 2.60. The summed E-state index contributed by atoms with van der Waals surface area (Å²) < 4.78 is 26.7. The van der Waals surface area contributed by atoms with E-state index in [4.69, 9.17) is 11.6 Å². The van der Waals surface area contributed by atoms with Gasteiger partial charge < -0.3 is 5.32 Å². The first kappa shape index (κ1) is 14.4. The van der Waals surface area contributed by atoms with E-state index in [2.05, 4.69) is 21.2 Å². The van der Waals surface area contributed by atoms with Crippen LogP contribution in [0.1, 0.15) is 17.2 Å². The molecule has 0 aromatic heterocycles. The zero-order valence-electron chi connectivity index (χ0n) is 10.1. The molecule has 5 heteroatoms. The summed E-state index contributed by atoms with van der Waals surface area (Å²) >= 11 is 9.21. The molecule has 1 nitrogen and oxygen atoms in total. The van der Waals surface area contributed by atoms with Crippen LogP contribution in [0.3, 0.4) is 0 Å². The van der Waals surface area contributed by atoms with Crippen LogP contribution in [0.2, 0.25) is 5.02 Å². The van der Waals surface area contributed by atoms with Gasteiger partial charge in [-0.15, -0.1) is 0 Å². The Morgan fingerprint density at radius 1 is 1.16 bits per heavy atom. The molecule has 0 aliphatic heterocycles. The van der Waals surface area contributed by atoms with E-state index in [1.807, 2.05) is 0 Å². The number of hydrogen-bond acceptors (Lipinski definition) is 1. The minimum atomic E-state index is -0.385. The highest BCUT2D eigenvalue weighted by molar-refractivity contribution is 9.10. The van der Waals surface area contributed by atoms with Gasteiger partial charge in [-0.1, -0.05) is 23.7 Å². The van der Waals surface area contributed by atoms with Crippen molar-refractivity contribution in [2.75, 3.05) is 7.05 Å². The highest BCUT2D eigenvalue weighted by Crippen LogP contribution is 2.30. The van der Waals surface area contributed by atoms with Gasteiger partial charge in [-0.05, 0) is 58.4 Å². The van der Waals surface area contributed by atoms with Gasteiger partial charge >= 0.3 is 0 Å². The number of nitrogens with one attached hydrogen (secondary N) is 1. The molecule has 100 valence electrons. The van der Waals surface area contributed by atoms with Crippen molar-refractivity contribution in [3.8, 4) is 0 Å². The molecule has 1 atom stereocenters. The Bertz CT molecular complexity index is 604. The van der Waals surface area contributed by atoms with Crippen LogP contribution in [0.25, 0.3) is 0 Å². The van der Waals surface area contributed by atoms with Crippen molar-refractivity contribution in [3.05, 3.63) is 68.7 Å². The summed E-state index contributed by atoms with van der Waals surface area (Å²) in [5.41, 5.74) is 1.58. The van der Waals surface area contributed by atoms with Crippen LogP contribution >= 0.6 is 27.5 Å². The largest absolute Gasteiger partial charge is 0.309 e. The highest BCUT2D eigenvalue weighted by atomic mass is 79.9. The maximum Gasteiger partial charge on any atom is 0.137 e. The van der Waals surface area contributed by atoms with Crippen LogP contribution in [-0.4, -0.2) is 7.05 Å². The zero-order chi connectivity index (χ0) is 14.0. The smallest absolute Gasteiger partial charge is 0.137 e.